The number of hydrogen-bond acceptors (Lipinski definition) is 1. The van der Waals surface area contributed by atoms with Gasteiger partial charge in [0.05, 0.1) is 0 Å². The van der Waals surface area contributed by atoms with E-state index in [-0.39, 0.29) is 0 Å². The first-order chi connectivity index (χ1) is 7.45. The quantitative estimate of drug-likeness (QED) is 0.546. The summed E-state index contributed by atoms with van der Waals surface area (Å²) >= 11 is 0. The largest absolute Gasteiger partial charge is 0.352 e. The first-order valence-corrected chi connectivity index (χ1v) is 5.44. The monoisotopic (exact) mass is 226 g/mol. The lowest BCUT2D eigenvalue weighted by atomic mass is 10.2. The van der Waals surface area contributed by atoms with Crippen LogP contribution in [0.2, 0.25) is 0 Å². The van der Waals surface area contributed by atoms with E-state index in [1.807, 2.05) is 0 Å². The summed E-state index contributed by atoms with van der Waals surface area (Å²) in [6.07, 6.45) is 8.86. The second-order valence-corrected chi connectivity index (χ2v) is 3.09. The maximum atomic E-state index is 9.00. The Morgan fingerprint density at radius 2 is 1.31 bits per heavy atom. The number of carbonyl (C=O) groups excluding carboxylic acids is 1. The van der Waals surface area contributed by atoms with Crippen molar-refractivity contribution in [3.63, 3.8) is 0 Å². The molecule has 0 unspecified atom stereocenters. The summed E-state index contributed by atoms with van der Waals surface area (Å²) < 4.78 is 0. The van der Waals surface area contributed by atoms with Crippen LogP contribution in [0.3, 0.4) is 0 Å². The Morgan fingerprint density at radius 1 is 1.06 bits per heavy atom. The van der Waals surface area contributed by atoms with Crippen LogP contribution in [0, 0.1) is 0 Å². The predicted molar refractivity (Wildman–Crippen MR) is 73.1 cm³/mol. The number of primary amides is 2. The van der Waals surface area contributed by atoms with Gasteiger partial charge in [0.15, 0.2) is 0 Å². The van der Waals surface area contributed by atoms with E-state index in [4.69, 9.17) is 4.79 Å². The van der Waals surface area contributed by atoms with Crippen LogP contribution in [0.25, 0.3) is 0 Å². The lowest BCUT2D eigenvalue weighted by Gasteiger charge is -1.86. The van der Waals surface area contributed by atoms with E-state index < -0.39 is 6.03 Å². The van der Waals surface area contributed by atoms with Crippen LogP contribution < -0.4 is 11.5 Å². The second-order valence-electron chi connectivity index (χ2n) is 3.09. The number of hydrogen-bond donors (Lipinski definition) is 2. The molecule has 0 spiro atoms. The van der Waals surface area contributed by atoms with Crippen molar-refractivity contribution in [3.05, 3.63) is 37.5 Å². The molecule has 0 aromatic heterocycles. The first kappa shape index (κ1) is 20.0. The Morgan fingerprint density at radius 3 is 1.38 bits per heavy atom. The van der Waals surface area contributed by atoms with Gasteiger partial charge in [-0.1, -0.05) is 71.4 Å². The summed E-state index contributed by atoms with van der Waals surface area (Å²) in [6, 6.07) is -0.833. The van der Waals surface area contributed by atoms with Gasteiger partial charge in [0.25, 0.3) is 0 Å². The summed E-state index contributed by atoms with van der Waals surface area (Å²) in [5.74, 6) is 0. The zero-order valence-electron chi connectivity index (χ0n) is 10.7. The molecule has 0 atom stereocenters. The molecule has 4 N–H and O–H groups in total. The maximum absolute atomic E-state index is 9.00. The molecule has 0 saturated carbocycles. The van der Waals surface area contributed by atoms with Crippen LogP contribution in [0.1, 0.15) is 39.5 Å². The van der Waals surface area contributed by atoms with E-state index in [1.54, 1.807) is 12.2 Å². The molecule has 0 rings (SSSR count). The Hall–Kier alpha value is -1.51. The van der Waals surface area contributed by atoms with Crippen LogP contribution in [0.5, 0.6) is 0 Å². The van der Waals surface area contributed by atoms with Crippen LogP contribution >= 0.6 is 0 Å². The van der Waals surface area contributed by atoms with Gasteiger partial charge in [-0.3, -0.25) is 0 Å². The molecule has 94 valence electrons. The van der Waals surface area contributed by atoms with Crippen molar-refractivity contribution in [2.24, 2.45) is 11.5 Å². The highest BCUT2D eigenvalue weighted by molar-refractivity contribution is 5.69. The first-order valence-electron chi connectivity index (χ1n) is 5.44. The Kier molecular flexibility index (Phi) is 23.9. The van der Waals surface area contributed by atoms with Gasteiger partial charge in [-0.15, -0.1) is 0 Å². The molecule has 0 heterocycles. The zero-order valence-corrected chi connectivity index (χ0v) is 10.7. The van der Waals surface area contributed by atoms with Gasteiger partial charge >= 0.3 is 6.03 Å². The third-order valence-electron chi connectivity index (χ3n) is 1.48. The van der Waals surface area contributed by atoms with E-state index in [1.165, 1.54) is 25.7 Å². The fraction of sp³-hybridized carbons (Fsp3) is 0.462. The SMILES string of the molecule is C=CC(=C)C=C.CCCCCC.NC(N)=O. The third kappa shape index (κ3) is 54.7. The molecule has 3 nitrogen and oxygen atoms in total. The number of amides is 2. The van der Waals surface area contributed by atoms with Crippen molar-refractivity contribution < 1.29 is 4.79 Å². The van der Waals surface area contributed by atoms with Crippen molar-refractivity contribution in [2.75, 3.05) is 0 Å². The molecule has 0 aliphatic heterocycles. The molecule has 0 saturated heterocycles. The highest BCUT2D eigenvalue weighted by Gasteiger charge is 1.75. The normalized spacial score (nSPS) is 7.38. The van der Waals surface area contributed by atoms with Crippen molar-refractivity contribution in [1.82, 2.24) is 0 Å². The fourth-order valence-electron chi connectivity index (χ4n) is 0.583. The lowest BCUT2D eigenvalue weighted by molar-refractivity contribution is 0.256. The second kappa shape index (κ2) is 19.1. The smallest absolute Gasteiger partial charge is 0.309 e. The molecule has 0 aliphatic carbocycles. The van der Waals surface area contributed by atoms with Crippen molar-refractivity contribution >= 4 is 6.03 Å². The molecule has 0 aliphatic rings. The van der Waals surface area contributed by atoms with E-state index in [0.717, 1.165) is 5.57 Å². The minimum atomic E-state index is -0.833. The molecular formula is C13H26N2O. The van der Waals surface area contributed by atoms with Gasteiger partial charge in [0, 0.05) is 0 Å². The van der Waals surface area contributed by atoms with E-state index in [0.29, 0.717) is 0 Å². The van der Waals surface area contributed by atoms with E-state index >= 15 is 0 Å². The van der Waals surface area contributed by atoms with Gasteiger partial charge in [-0.2, -0.15) is 0 Å². The topological polar surface area (TPSA) is 69.1 Å². The Balaban J connectivity index is -0.000000162. The Bertz CT molecular complexity index is 180. The summed E-state index contributed by atoms with van der Waals surface area (Å²) in [6.45, 7) is 14.9. The van der Waals surface area contributed by atoms with Gasteiger partial charge in [0.2, 0.25) is 0 Å². The molecule has 0 radical (unpaired) electrons. The van der Waals surface area contributed by atoms with Gasteiger partial charge in [-0.25, -0.2) is 4.79 Å². The number of nitrogens with two attached hydrogens (primary N) is 2. The zero-order chi connectivity index (χ0) is 13.4. The maximum Gasteiger partial charge on any atom is 0.309 e. The highest BCUT2D eigenvalue weighted by atomic mass is 16.2. The Labute approximate surface area is 99.9 Å². The van der Waals surface area contributed by atoms with Gasteiger partial charge < -0.3 is 11.5 Å². The van der Waals surface area contributed by atoms with Crippen LogP contribution in [-0.4, -0.2) is 6.03 Å². The molecule has 0 fully saturated rings. The van der Waals surface area contributed by atoms with Crippen LogP contribution in [0.4, 0.5) is 4.79 Å². The van der Waals surface area contributed by atoms with Crippen molar-refractivity contribution in [3.8, 4) is 0 Å². The summed E-state index contributed by atoms with van der Waals surface area (Å²) in [7, 11) is 0. The number of unbranched alkanes of at least 4 members (excludes halogenated alkanes) is 3. The minimum absolute atomic E-state index is 0.833. The predicted octanol–water partition coefficient (Wildman–Crippen LogP) is 3.53. The molecule has 3 heteroatoms. The van der Waals surface area contributed by atoms with E-state index in [9.17, 15) is 0 Å². The van der Waals surface area contributed by atoms with Gasteiger partial charge in [-0.05, 0) is 5.57 Å². The van der Waals surface area contributed by atoms with Crippen molar-refractivity contribution in [1.29, 1.82) is 0 Å². The fourth-order valence-corrected chi connectivity index (χ4v) is 0.583. The number of allylic oxidation sites excluding steroid dienone is 3. The number of rotatable bonds is 5. The van der Waals surface area contributed by atoms with Crippen LogP contribution in [0.15, 0.2) is 37.5 Å². The van der Waals surface area contributed by atoms with E-state index in [2.05, 4.69) is 45.1 Å². The third-order valence-corrected chi connectivity index (χ3v) is 1.48. The molecule has 0 aromatic rings. The molecule has 0 bridgehead atoms. The van der Waals surface area contributed by atoms with Crippen molar-refractivity contribution in [2.45, 2.75) is 39.5 Å². The molecule has 0 aromatic carbocycles. The molecule has 16 heavy (non-hydrogen) atoms. The van der Waals surface area contributed by atoms with Crippen LogP contribution in [-0.2, 0) is 0 Å². The lowest BCUT2D eigenvalue weighted by Crippen LogP contribution is -2.18. The number of urea groups is 1. The highest BCUT2D eigenvalue weighted by Crippen LogP contribution is 1.95. The summed E-state index contributed by atoms with van der Waals surface area (Å²) in [4.78, 5) is 9.00. The average molecular weight is 226 g/mol. The molecule has 2 amide bonds. The summed E-state index contributed by atoms with van der Waals surface area (Å²) in [5, 5.41) is 0. The standard InChI is InChI=1S/C6H8.C6H14.CH4N2O/c1-4-6(3)5-2;1-3-5-6-4-2;2-1(3)4/h4-5H,1-3H2;3-6H2,1-2H3;(H4,2,3,4). The minimum Gasteiger partial charge on any atom is -0.352 e. The average Bonchev–Trinajstić information content (AvgIpc) is 2.25. The number of carbonyl (C=O) groups is 1. The van der Waals surface area contributed by atoms with Gasteiger partial charge in [0.1, 0.15) is 0 Å². The summed E-state index contributed by atoms with van der Waals surface area (Å²) in [5.41, 5.74) is 9.37. The molecular weight excluding hydrogens is 200 g/mol.